The van der Waals surface area contributed by atoms with Gasteiger partial charge in [-0.1, -0.05) is 30.0 Å². The van der Waals surface area contributed by atoms with Crippen molar-refractivity contribution in [2.24, 2.45) is 0 Å². The molecule has 32 heavy (non-hydrogen) atoms. The van der Waals surface area contributed by atoms with Crippen LogP contribution in [-0.4, -0.2) is 33.2 Å². The Kier molecular flexibility index (Phi) is 5.65. The first kappa shape index (κ1) is 21.0. The van der Waals surface area contributed by atoms with E-state index in [2.05, 4.69) is 0 Å². The van der Waals surface area contributed by atoms with Crippen LogP contribution in [0.25, 0.3) is 15.9 Å². The average Bonchev–Trinajstić information content (AvgIpc) is 3.48. The number of benzene rings is 1. The molecule has 0 saturated heterocycles. The van der Waals surface area contributed by atoms with Crippen LogP contribution in [0.4, 0.5) is 0 Å². The summed E-state index contributed by atoms with van der Waals surface area (Å²) in [7, 11) is 1.76. The summed E-state index contributed by atoms with van der Waals surface area (Å²) in [5.41, 5.74) is 1.88. The summed E-state index contributed by atoms with van der Waals surface area (Å²) in [6.45, 7) is 2.29. The van der Waals surface area contributed by atoms with Crippen molar-refractivity contribution in [1.82, 2.24) is 14.5 Å². The lowest BCUT2D eigenvalue weighted by molar-refractivity contribution is -0.127. The van der Waals surface area contributed by atoms with Gasteiger partial charge in [-0.05, 0) is 56.0 Å². The van der Waals surface area contributed by atoms with Gasteiger partial charge in [0, 0.05) is 11.9 Å². The molecular formula is C24H23N3O3S2. The minimum absolute atomic E-state index is 0.0463. The summed E-state index contributed by atoms with van der Waals surface area (Å²) in [5.74, 6) is 1.71. The van der Waals surface area contributed by atoms with Crippen LogP contribution in [-0.2, 0) is 24.2 Å². The number of nitrogens with zero attached hydrogens (tertiary/aromatic N) is 3. The van der Waals surface area contributed by atoms with Gasteiger partial charge in [-0.2, -0.15) is 0 Å². The number of thioether (sulfide) groups is 1. The van der Waals surface area contributed by atoms with Crippen LogP contribution in [0, 0.1) is 6.92 Å². The predicted molar refractivity (Wildman–Crippen MR) is 128 cm³/mol. The Hall–Kier alpha value is -2.84. The van der Waals surface area contributed by atoms with E-state index in [-0.39, 0.29) is 17.2 Å². The number of para-hydroxylation sites is 1. The molecule has 3 aromatic heterocycles. The van der Waals surface area contributed by atoms with Crippen molar-refractivity contribution in [2.75, 3.05) is 12.8 Å². The first-order valence-electron chi connectivity index (χ1n) is 10.6. The zero-order chi connectivity index (χ0) is 22.2. The van der Waals surface area contributed by atoms with Crippen molar-refractivity contribution in [3.05, 3.63) is 74.8 Å². The molecule has 1 amide bonds. The summed E-state index contributed by atoms with van der Waals surface area (Å²) >= 11 is 2.92. The second kappa shape index (κ2) is 8.60. The third-order valence-corrected chi connectivity index (χ3v) is 7.77. The SMILES string of the molecule is Cc1ccc(CN(C)C(=O)CSc2nc3sc4c(c3c(=O)n2-c2ccccc2)CCC4)o1. The zero-order valence-electron chi connectivity index (χ0n) is 18.0. The van der Waals surface area contributed by atoms with E-state index in [1.807, 2.05) is 49.4 Å². The third kappa shape index (κ3) is 3.89. The summed E-state index contributed by atoms with van der Waals surface area (Å²) in [5, 5.41) is 1.29. The molecule has 0 radical (unpaired) electrons. The lowest BCUT2D eigenvalue weighted by Crippen LogP contribution is -2.28. The maximum Gasteiger partial charge on any atom is 0.267 e. The minimum atomic E-state index is -0.0494. The molecule has 4 aromatic rings. The predicted octanol–water partition coefficient (Wildman–Crippen LogP) is 4.59. The summed E-state index contributed by atoms with van der Waals surface area (Å²) in [6, 6.07) is 13.3. The van der Waals surface area contributed by atoms with Crippen LogP contribution in [0.2, 0.25) is 0 Å². The molecular weight excluding hydrogens is 442 g/mol. The van der Waals surface area contributed by atoms with Gasteiger partial charge in [-0.3, -0.25) is 14.2 Å². The van der Waals surface area contributed by atoms with Gasteiger partial charge in [0.25, 0.3) is 5.56 Å². The quantitative estimate of drug-likeness (QED) is 0.308. The second-order valence-corrected chi connectivity index (χ2v) is 9.98. The molecule has 1 aliphatic carbocycles. The van der Waals surface area contributed by atoms with Crippen LogP contribution in [0.3, 0.4) is 0 Å². The van der Waals surface area contributed by atoms with Gasteiger partial charge in [0.05, 0.1) is 23.4 Å². The van der Waals surface area contributed by atoms with E-state index in [1.165, 1.54) is 16.6 Å². The number of hydrogen-bond acceptors (Lipinski definition) is 6. The van der Waals surface area contributed by atoms with E-state index >= 15 is 0 Å². The number of hydrogen-bond donors (Lipinski definition) is 0. The molecule has 3 heterocycles. The van der Waals surface area contributed by atoms with Crippen LogP contribution < -0.4 is 5.56 Å². The fourth-order valence-corrected chi connectivity index (χ4v) is 6.31. The molecule has 0 bridgehead atoms. The van der Waals surface area contributed by atoms with E-state index in [4.69, 9.17) is 9.40 Å². The molecule has 5 rings (SSSR count). The first-order chi connectivity index (χ1) is 15.5. The van der Waals surface area contributed by atoms with E-state index in [1.54, 1.807) is 27.9 Å². The molecule has 0 aliphatic heterocycles. The van der Waals surface area contributed by atoms with Crippen LogP contribution >= 0.6 is 23.1 Å². The van der Waals surface area contributed by atoms with Crippen molar-refractivity contribution < 1.29 is 9.21 Å². The highest BCUT2D eigenvalue weighted by molar-refractivity contribution is 7.99. The number of fused-ring (bicyclic) bond motifs is 3. The molecule has 0 fully saturated rings. The maximum atomic E-state index is 13.6. The monoisotopic (exact) mass is 465 g/mol. The number of thiophene rings is 1. The molecule has 0 atom stereocenters. The van der Waals surface area contributed by atoms with Crippen molar-refractivity contribution in [3.63, 3.8) is 0 Å². The fraction of sp³-hybridized carbons (Fsp3) is 0.292. The fourth-order valence-electron chi connectivity index (χ4n) is 4.05. The van der Waals surface area contributed by atoms with Gasteiger partial charge in [0.15, 0.2) is 5.16 Å². The standard InChI is InChI=1S/C24H23N3O3S2/c1-15-11-12-17(30-15)13-26(2)20(28)14-31-24-25-22-21(18-9-6-10-19(18)32-22)23(29)27(24)16-7-4-3-5-8-16/h3-5,7-8,11-12H,6,9-10,13-14H2,1-2H3. The van der Waals surface area contributed by atoms with Crippen LogP contribution in [0.5, 0.6) is 0 Å². The summed E-state index contributed by atoms with van der Waals surface area (Å²) in [6.07, 6.45) is 3.04. The minimum Gasteiger partial charge on any atom is -0.464 e. The second-order valence-electron chi connectivity index (χ2n) is 7.96. The Morgan fingerprint density at radius 1 is 1.22 bits per heavy atom. The van der Waals surface area contributed by atoms with Crippen molar-refractivity contribution >= 4 is 39.2 Å². The molecule has 0 saturated carbocycles. The molecule has 6 nitrogen and oxygen atoms in total. The topological polar surface area (TPSA) is 68.3 Å². The zero-order valence-corrected chi connectivity index (χ0v) is 19.6. The Labute approximate surface area is 193 Å². The van der Waals surface area contributed by atoms with Gasteiger partial charge in [0.2, 0.25) is 5.91 Å². The average molecular weight is 466 g/mol. The smallest absolute Gasteiger partial charge is 0.267 e. The molecule has 8 heteroatoms. The van der Waals surface area contributed by atoms with E-state index < -0.39 is 0 Å². The van der Waals surface area contributed by atoms with E-state index in [0.29, 0.717) is 11.7 Å². The number of aryl methyl sites for hydroxylation is 3. The largest absolute Gasteiger partial charge is 0.464 e. The van der Waals surface area contributed by atoms with E-state index in [0.717, 1.165) is 52.3 Å². The van der Waals surface area contributed by atoms with Crippen molar-refractivity contribution in [2.45, 2.75) is 37.9 Å². The summed E-state index contributed by atoms with van der Waals surface area (Å²) in [4.78, 5) is 34.9. The number of rotatable bonds is 6. The molecule has 0 spiro atoms. The molecule has 0 N–H and O–H groups in total. The lowest BCUT2D eigenvalue weighted by atomic mass is 10.2. The van der Waals surface area contributed by atoms with Gasteiger partial charge < -0.3 is 9.32 Å². The Morgan fingerprint density at radius 2 is 2.03 bits per heavy atom. The van der Waals surface area contributed by atoms with Gasteiger partial charge in [-0.25, -0.2) is 4.98 Å². The number of carbonyl (C=O) groups excluding carboxylic acids is 1. The molecule has 0 unspecified atom stereocenters. The Morgan fingerprint density at radius 3 is 2.78 bits per heavy atom. The Balaban J connectivity index is 1.46. The maximum absolute atomic E-state index is 13.6. The summed E-state index contributed by atoms with van der Waals surface area (Å²) < 4.78 is 7.23. The van der Waals surface area contributed by atoms with Gasteiger partial charge in [0.1, 0.15) is 16.4 Å². The van der Waals surface area contributed by atoms with Gasteiger partial charge in [-0.15, -0.1) is 11.3 Å². The third-order valence-electron chi connectivity index (χ3n) is 5.66. The highest BCUT2D eigenvalue weighted by Gasteiger charge is 2.24. The molecule has 164 valence electrons. The molecule has 1 aromatic carbocycles. The van der Waals surface area contributed by atoms with Crippen molar-refractivity contribution in [3.8, 4) is 5.69 Å². The number of amides is 1. The first-order valence-corrected chi connectivity index (χ1v) is 12.4. The molecule has 1 aliphatic rings. The number of aromatic nitrogens is 2. The van der Waals surface area contributed by atoms with Crippen molar-refractivity contribution in [1.29, 1.82) is 0 Å². The Bertz CT molecular complexity index is 1350. The number of carbonyl (C=O) groups is 1. The number of furan rings is 1. The van der Waals surface area contributed by atoms with Gasteiger partial charge >= 0.3 is 0 Å². The van der Waals surface area contributed by atoms with E-state index in [9.17, 15) is 9.59 Å². The lowest BCUT2D eigenvalue weighted by Gasteiger charge is -2.16. The normalized spacial score (nSPS) is 12.9. The van der Waals surface area contributed by atoms with Crippen LogP contribution in [0.15, 0.2) is 56.8 Å². The highest BCUT2D eigenvalue weighted by Crippen LogP contribution is 2.36. The van der Waals surface area contributed by atoms with Crippen LogP contribution in [0.1, 0.15) is 28.4 Å². The highest BCUT2D eigenvalue weighted by atomic mass is 32.2.